The van der Waals surface area contributed by atoms with Crippen molar-refractivity contribution in [3.05, 3.63) is 52.9 Å². The Bertz CT molecular complexity index is 1590. The van der Waals surface area contributed by atoms with Crippen LogP contribution in [0, 0.1) is 5.41 Å². The third-order valence-corrected chi connectivity index (χ3v) is 10.5. The van der Waals surface area contributed by atoms with Gasteiger partial charge in [-0.05, 0) is 29.0 Å². The van der Waals surface area contributed by atoms with Gasteiger partial charge >= 0.3 is 12.0 Å². The van der Waals surface area contributed by atoms with Crippen LogP contribution in [0.5, 0.6) is 5.75 Å². The van der Waals surface area contributed by atoms with Gasteiger partial charge in [-0.25, -0.2) is 4.79 Å². The summed E-state index contributed by atoms with van der Waals surface area (Å²) in [5.74, 6) is -3.21. The van der Waals surface area contributed by atoms with Gasteiger partial charge in [0, 0.05) is 24.6 Å². The van der Waals surface area contributed by atoms with E-state index in [9.17, 15) is 34.2 Å². The predicted molar refractivity (Wildman–Crippen MR) is 155 cm³/mol. The Balaban J connectivity index is 1.31. The minimum Gasteiger partial charge on any atom is -0.506 e. The van der Waals surface area contributed by atoms with Gasteiger partial charge in [0.15, 0.2) is 0 Å². The second-order valence-corrected chi connectivity index (χ2v) is 12.9. The van der Waals surface area contributed by atoms with Crippen molar-refractivity contribution < 1.29 is 38.6 Å². The van der Waals surface area contributed by atoms with Crippen molar-refractivity contribution in [3.8, 4) is 5.75 Å². The number of hydrogen-bond donors (Lipinski definition) is 5. The highest BCUT2D eigenvalue weighted by Gasteiger charge is 2.59. The molecule has 4 heterocycles. The summed E-state index contributed by atoms with van der Waals surface area (Å²) in [4.78, 5) is 67.1. The van der Waals surface area contributed by atoms with Crippen LogP contribution in [0.1, 0.15) is 28.9 Å². The van der Waals surface area contributed by atoms with E-state index in [2.05, 4.69) is 31.3 Å². The molecule has 2 fully saturated rings. The van der Waals surface area contributed by atoms with Crippen LogP contribution in [0.25, 0.3) is 0 Å². The number of carboxylic acids is 1. The van der Waals surface area contributed by atoms with Crippen LogP contribution < -0.4 is 10.6 Å². The topological polar surface area (TPSA) is 224 Å². The fraction of sp³-hybridized carbons (Fsp3) is 0.360. The molecule has 4 unspecified atom stereocenters. The number of phenolic OH excluding ortho intramolecular Hbond substituents is 1. The number of β-lactam (4-membered cyclic amide) rings is 1. The van der Waals surface area contributed by atoms with Crippen LogP contribution in [0.3, 0.4) is 0 Å². The lowest BCUT2D eigenvalue weighted by Gasteiger charge is -2.55. The number of nitrogens with one attached hydrogen (secondary N) is 3. The number of tetrazole rings is 1. The summed E-state index contributed by atoms with van der Waals surface area (Å²) in [7, 11) is 1.21. The van der Waals surface area contributed by atoms with Crippen molar-refractivity contribution in [2.45, 2.75) is 34.8 Å². The number of phenols is 1. The van der Waals surface area contributed by atoms with Gasteiger partial charge in [-0.1, -0.05) is 36.4 Å². The van der Waals surface area contributed by atoms with Crippen molar-refractivity contribution in [3.63, 3.8) is 0 Å². The number of nitrogens with zero attached hydrogens (tertiary/aromatic N) is 5. The third-order valence-electron chi connectivity index (χ3n) is 7.43. The van der Waals surface area contributed by atoms with Gasteiger partial charge in [-0.15, -0.1) is 22.0 Å². The monoisotopic (exact) mass is 664 g/mol. The summed E-state index contributed by atoms with van der Waals surface area (Å²) >= 11 is 8.39. The number of carboxylic acid groups (broad SMARTS) is 1. The number of carbonyl (C=O) groups is 5. The number of rotatable bonds is 9. The molecule has 5 N–H and O–H groups in total. The number of carbonyl (C=O) groups excluding carboxylic acids is 4. The number of thioether (sulfide) groups is 2. The zero-order valence-corrected chi connectivity index (χ0v) is 25.4. The molecule has 0 spiro atoms. The molecule has 0 saturated carbocycles. The maximum Gasteiger partial charge on any atom is 0.325 e. The van der Waals surface area contributed by atoms with E-state index in [1.807, 2.05) is 0 Å². The number of benzene rings is 1. The number of aromatic nitrogens is 4. The molecule has 1 aromatic carbocycles. The van der Waals surface area contributed by atoms with Gasteiger partial charge < -0.3 is 30.2 Å². The van der Waals surface area contributed by atoms with Gasteiger partial charge in [-0.3, -0.25) is 24.1 Å². The number of aromatic hydroxyl groups is 1. The van der Waals surface area contributed by atoms with Crippen LogP contribution in [0.15, 0.2) is 46.4 Å². The van der Waals surface area contributed by atoms with E-state index in [0.29, 0.717) is 0 Å². The largest absolute Gasteiger partial charge is 0.506 e. The molecule has 5 atom stereocenters. The van der Waals surface area contributed by atoms with Crippen LogP contribution >= 0.6 is 35.1 Å². The second kappa shape index (κ2) is 12.4. The van der Waals surface area contributed by atoms with Gasteiger partial charge in [0.2, 0.25) is 17.0 Å². The Labute approximate surface area is 262 Å². The van der Waals surface area contributed by atoms with Gasteiger partial charge in [0.1, 0.15) is 34.9 Å². The minimum atomic E-state index is -1.43. The maximum atomic E-state index is 13.6. The summed E-state index contributed by atoms with van der Waals surface area (Å²) in [6.07, 6.45) is 2.43. The number of urea groups is 1. The number of amides is 5. The zero-order chi connectivity index (χ0) is 31.8. The molecule has 2 aromatic heterocycles. The zero-order valence-electron chi connectivity index (χ0n) is 23.0. The first-order chi connectivity index (χ1) is 20.9. The molecule has 0 aliphatic carbocycles. The highest BCUT2D eigenvalue weighted by molar-refractivity contribution is 8.01. The van der Waals surface area contributed by atoms with Crippen molar-refractivity contribution in [1.82, 2.24) is 41.1 Å². The number of imide groups is 1. The molecule has 2 aliphatic heterocycles. The third kappa shape index (κ3) is 5.79. The van der Waals surface area contributed by atoms with Crippen LogP contribution in [-0.4, -0.2) is 106 Å². The summed E-state index contributed by atoms with van der Waals surface area (Å²) in [6, 6.07) is 1.85. The first-order valence-electron chi connectivity index (χ1n) is 12.9. The van der Waals surface area contributed by atoms with E-state index in [1.165, 1.54) is 54.2 Å². The molecule has 16 nitrogen and oxygen atoms in total. The van der Waals surface area contributed by atoms with E-state index in [-0.39, 0.29) is 39.4 Å². The number of furan rings is 1. The first-order valence-corrected chi connectivity index (χ1v) is 15.2. The number of aliphatic carboxylic acids is 1. The number of hydrogen-bond acceptors (Lipinski definition) is 12. The second-order valence-electron chi connectivity index (χ2n) is 10.0. The molecule has 2 saturated heterocycles. The van der Waals surface area contributed by atoms with Crippen molar-refractivity contribution in [2.75, 3.05) is 19.3 Å². The Hall–Kier alpha value is -4.29. The molecule has 5 amide bonds. The summed E-state index contributed by atoms with van der Waals surface area (Å²) in [5.41, 5.74) is -1.06. The van der Waals surface area contributed by atoms with E-state index < -0.39 is 57.8 Å². The van der Waals surface area contributed by atoms with Crippen LogP contribution in [0.4, 0.5) is 4.79 Å². The average molecular weight is 665 g/mol. The van der Waals surface area contributed by atoms with Crippen molar-refractivity contribution >= 4 is 64.8 Å². The molecule has 2 aliphatic rings. The molecule has 0 bridgehead atoms. The van der Waals surface area contributed by atoms with Crippen molar-refractivity contribution in [2.24, 2.45) is 5.41 Å². The minimum absolute atomic E-state index is 0.0936. The number of H-pyrrole nitrogens is 1. The Morgan fingerprint density at radius 2 is 2.09 bits per heavy atom. The summed E-state index contributed by atoms with van der Waals surface area (Å²) < 4.78 is 4.89. The van der Waals surface area contributed by atoms with E-state index in [4.69, 9.17) is 16.0 Å². The SMILES string of the molecule is CC(Sc1nn[nH]n1)C1(C(=O)O)CS[C@@H]2C(NC(=O)C(NC(=O)N(C)C(=O)c3ccoc3)c3ccc(O)c(Cl)c3)C(=O)N2C1. The van der Waals surface area contributed by atoms with Crippen LogP contribution in [0.2, 0.25) is 5.02 Å². The van der Waals surface area contributed by atoms with E-state index >= 15 is 0 Å². The molecule has 0 radical (unpaired) electrons. The Kier molecular flexibility index (Phi) is 8.76. The lowest BCUT2D eigenvalue weighted by atomic mass is 9.84. The quantitative estimate of drug-likeness (QED) is 0.161. The number of aromatic amines is 1. The predicted octanol–water partition coefficient (Wildman–Crippen LogP) is 1.33. The smallest absolute Gasteiger partial charge is 0.325 e. The molecular formula is C25H25ClN8O8S2. The Morgan fingerprint density at radius 1 is 1.32 bits per heavy atom. The number of fused-ring (bicyclic) bond motifs is 1. The highest BCUT2D eigenvalue weighted by Crippen LogP contribution is 2.47. The molecule has 232 valence electrons. The van der Waals surface area contributed by atoms with Gasteiger partial charge in [0.25, 0.3) is 5.91 Å². The first kappa shape index (κ1) is 31.1. The fourth-order valence-corrected chi connectivity index (χ4v) is 7.69. The van der Waals surface area contributed by atoms with Crippen molar-refractivity contribution in [1.29, 1.82) is 0 Å². The van der Waals surface area contributed by atoms with Gasteiger partial charge in [-0.2, -0.15) is 5.21 Å². The van der Waals surface area contributed by atoms with Crippen LogP contribution in [-0.2, 0) is 14.4 Å². The lowest BCUT2D eigenvalue weighted by molar-refractivity contribution is -0.158. The van der Waals surface area contributed by atoms with Gasteiger partial charge in [0.05, 0.1) is 16.8 Å². The average Bonchev–Trinajstić information content (AvgIpc) is 3.73. The normalized spacial score (nSPS) is 22.2. The highest BCUT2D eigenvalue weighted by atomic mass is 35.5. The lowest BCUT2D eigenvalue weighted by Crippen LogP contribution is -2.75. The molecule has 3 aromatic rings. The Morgan fingerprint density at radius 3 is 2.73 bits per heavy atom. The standard InChI is InChI=1S/C25H25ClN8O8S2/c1-11(44-23-29-31-32-30-23)25(22(39)40)9-34-20(38)17(21(34)43-10-25)27-18(36)16(12-3-4-15(35)14(26)7-12)28-24(41)33(2)19(37)13-5-6-42-8-13/h3-8,11,16-17,21,35H,9-10H2,1-2H3,(H,27,36)(H,28,41)(H,39,40)(H,29,30,31,32)/t11?,16?,17?,21-,25?/m1/s1. The fourth-order valence-electron chi connectivity index (χ4n) is 4.75. The molecule has 5 rings (SSSR count). The summed E-state index contributed by atoms with van der Waals surface area (Å²) in [5, 5.41) is 37.8. The van der Waals surface area contributed by atoms with E-state index in [0.717, 1.165) is 22.9 Å². The molecule has 44 heavy (non-hydrogen) atoms. The van der Waals surface area contributed by atoms with E-state index in [1.54, 1.807) is 6.92 Å². The molecular weight excluding hydrogens is 640 g/mol. The molecule has 19 heteroatoms. The number of halogens is 1. The summed E-state index contributed by atoms with van der Waals surface area (Å²) in [6.45, 7) is 1.61. The maximum absolute atomic E-state index is 13.6.